The highest BCUT2D eigenvalue weighted by molar-refractivity contribution is 7.47. The van der Waals surface area contributed by atoms with E-state index in [-0.39, 0.29) is 25.7 Å². The second kappa shape index (κ2) is 73.5. The predicted octanol–water partition coefficient (Wildman–Crippen LogP) is 22.0. The second-order valence-corrected chi connectivity index (χ2v) is 27.3. The Morgan fingerprint density at radius 3 is 0.873 bits per heavy atom. The summed E-state index contributed by atoms with van der Waals surface area (Å²) >= 11 is 0. The van der Waals surface area contributed by atoms with Gasteiger partial charge < -0.3 is 33.8 Å². The van der Waals surface area contributed by atoms with Crippen LogP contribution in [0.4, 0.5) is 0 Å². The normalized spacial score (nSPS) is 14.9. The highest BCUT2D eigenvalue weighted by atomic mass is 31.2. The Bertz CT molecular complexity index is 2650. The van der Waals surface area contributed by atoms with Crippen LogP contribution in [0.5, 0.6) is 0 Å². The zero-order chi connectivity index (χ0) is 74.6. The fraction of sp³-hybridized carbons (Fsp3) is 0.590. The molecule has 0 radical (unpaired) electrons. The molecule has 3 N–H and O–H groups in total. The van der Waals surface area contributed by atoms with Gasteiger partial charge in [0.1, 0.15) is 19.3 Å². The lowest BCUT2D eigenvalue weighted by Crippen LogP contribution is -2.30. The Morgan fingerprint density at radius 1 is 0.284 bits per heavy atom. The number of esters is 4. The minimum absolute atomic E-state index is 0.0224. The van der Waals surface area contributed by atoms with Crippen molar-refractivity contribution in [2.75, 3.05) is 39.6 Å². The maximum absolute atomic E-state index is 13.1. The first-order valence-electron chi connectivity index (χ1n) is 38.0. The zero-order valence-electron chi connectivity index (χ0n) is 62.7. The first-order valence-corrected chi connectivity index (χ1v) is 41.0. The topological polar surface area (TPSA) is 237 Å². The molecule has 0 spiro atoms. The number of rotatable bonds is 69. The molecule has 0 amide bonds. The Labute approximate surface area is 615 Å². The van der Waals surface area contributed by atoms with Gasteiger partial charge in [0, 0.05) is 25.7 Å². The third kappa shape index (κ3) is 72.5. The third-order valence-electron chi connectivity index (χ3n) is 14.9. The van der Waals surface area contributed by atoms with Crippen LogP contribution in [0.1, 0.15) is 259 Å². The van der Waals surface area contributed by atoms with Crippen molar-refractivity contribution < 1.29 is 80.2 Å². The minimum Gasteiger partial charge on any atom is -0.462 e. The molecule has 0 aromatic carbocycles. The highest BCUT2D eigenvalue weighted by Gasteiger charge is 2.30. The molecule has 0 aliphatic rings. The van der Waals surface area contributed by atoms with E-state index in [4.69, 9.17) is 37.0 Å². The number of carbonyl (C=O) groups is 4. The van der Waals surface area contributed by atoms with E-state index >= 15 is 0 Å². The van der Waals surface area contributed by atoms with Crippen LogP contribution in [0, 0.1) is 0 Å². The van der Waals surface area contributed by atoms with Crippen LogP contribution < -0.4 is 0 Å². The van der Waals surface area contributed by atoms with E-state index < -0.39 is 97.5 Å². The summed E-state index contributed by atoms with van der Waals surface area (Å²) < 4.78 is 68.3. The zero-order valence-corrected chi connectivity index (χ0v) is 64.5. The van der Waals surface area contributed by atoms with Crippen LogP contribution >= 0.6 is 15.6 Å². The lowest BCUT2D eigenvalue weighted by Gasteiger charge is -2.21. The summed E-state index contributed by atoms with van der Waals surface area (Å²) in [5.41, 5.74) is 0. The first kappa shape index (κ1) is 96.2. The van der Waals surface area contributed by atoms with Gasteiger partial charge in [0.15, 0.2) is 12.2 Å². The number of phosphoric acid groups is 2. The summed E-state index contributed by atoms with van der Waals surface area (Å²) in [6, 6.07) is 0. The van der Waals surface area contributed by atoms with Crippen molar-refractivity contribution in [3.8, 4) is 0 Å². The molecule has 0 aliphatic carbocycles. The molecule has 0 aromatic heterocycles. The Morgan fingerprint density at radius 2 is 0.529 bits per heavy atom. The van der Waals surface area contributed by atoms with Crippen molar-refractivity contribution in [2.45, 2.75) is 277 Å². The minimum atomic E-state index is -5.01. The molecule has 0 aliphatic heterocycles. The van der Waals surface area contributed by atoms with Crippen molar-refractivity contribution in [1.29, 1.82) is 0 Å². The molecule has 5 atom stereocenters. The summed E-state index contributed by atoms with van der Waals surface area (Å²) in [5.74, 6) is -2.38. The Kier molecular flexibility index (Phi) is 69.3. The SMILES string of the molecule is CC/C=C\C/C=C\C/C=C\C/C=C\C/C=C\C/C=C\CCC(=O)OCC(COP(=O)(O)OCC(O)COP(=O)(O)OCC(COC(=O)CCCC/C=C\C/C=C\C/C=C\C/C=C\CC)OC(=O)CCCCCCC/C=C\CCCC)OC(=O)CCCCCC/C=C\C/C=C\C/C=C\C/C=C\CC. The molecule has 0 saturated carbocycles. The molecular formula is C83H132O17P2. The van der Waals surface area contributed by atoms with E-state index in [2.05, 4.69) is 192 Å². The molecular weight excluding hydrogens is 1330 g/mol. The van der Waals surface area contributed by atoms with E-state index in [1.807, 2.05) is 18.2 Å². The second-order valence-electron chi connectivity index (χ2n) is 24.4. The van der Waals surface area contributed by atoms with Gasteiger partial charge in [-0.25, -0.2) is 9.13 Å². The van der Waals surface area contributed by atoms with Crippen molar-refractivity contribution in [1.82, 2.24) is 0 Å². The monoisotopic (exact) mass is 1460 g/mol. The molecule has 0 bridgehead atoms. The van der Waals surface area contributed by atoms with Crippen molar-refractivity contribution in [3.05, 3.63) is 182 Å². The molecule has 0 aromatic rings. The number of ether oxygens (including phenoxy) is 4. The maximum atomic E-state index is 13.1. The van der Waals surface area contributed by atoms with E-state index in [1.54, 1.807) is 0 Å². The summed E-state index contributed by atoms with van der Waals surface area (Å²) in [6.45, 7) is 4.28. The fourth-order valence-electron chi connectivity index (χ4n) is 9.15. The lowest BCUT2D eigenvalue weighted by atomic mass is 10.1. The summed E-state index contributed by atoms with van der Waals surface area (Å²) in [5, 5.41) is 10.6. The number of hydrogen-bond donors (Lipinski definition) is 3. The van der Waals surface area contributed by atoms with Crippen LogP contribution in [0.3, 0.4) is 0 Å². The fourth-order valence-corrected chi connectivity index (χ4v) is 10.7. The number of phosphoric ester groups is 2. The quantitative estimate of drug-likeness (QED) is 0.0169. The number of hydrogen-bond acceptors (Lipinski definition) is 15. The number of aliphatic hydroxyl groups excluding tert-OH is 1. The Balaban J connectivity index is 5.49. The smallest absolute Gasteiger partial charge is 0.462 e. The molecule has 576 valence electrons. The molecule has 102 heavy (non-hydrogen) atoms. The van der Waals surface area contributed by atoms with Gasteiger partial charge in [-0.15, -0.1) is 0 Å². The molecule has 0 heterocycles. The van der Waals surface area contributed by atoms with E-state index in [0.717, 1.165) is 167 Å². The van der Waals surface area contributed by atoms with Crippen molar-refractivity contribution >= 4 is 39.5 Å². The van der Waals surface area contributed by atoms with Gasteiger partial charge in [-0.3, -0.25) is 37.3 Å². The molecule has 17 nitrogen and oxygen atoms in total. The summed E-state index contributed by atoms with van der Waals surface area (Å²) in [4.78, 5) is 72.8. The van der Waals surface area contributed by atoms with Gasteiger partial charge in [0.2, 0.25) is 0 Å². The van der Waals surface area contributed by atoms with Crippen molar-refractivity contribution in [3.63, 3.8) is 0 Å². The lowest BCUT2D eigenvalue weighted by molar-refractivity contribution is -0.161. The Hall–Kier alpha value is -5.84. The molecule has 0 saturated heterocycles. The van der Waals surface area contributed by atoms with Crippen LogP contribution in [0.2, 0.25) is 0 Å². The predicted molar refractivity (Wildman–Crippen MR) is 417 cm³/mol. The average molecular weight is 1460 g/mol. The number of allylic oxidation sites excluding steroid dienone is 30. The van der Waals surface area contributed by atoms with Crippen LogP contribution in [-0.2, 0) is 65.4 Å². The van der Waals surface area contributed by atoms with Gasteiger partial charge in [-0.2, -0.15) is 0 Å². The maximum Gasteiger partial charge on any atom is 0.472 e. The molecule has 0 fully saturated rings. The largest absolute Gasteiger partial charge is 0.472 e. The summed E-state index contributed by atoms with van der Waals surface area (Å²) in [6.07, 6.45) is 87.7. The van der Waals surface area contributed by atoms with Crippen LogP contribution in [0.25, 0.3) is 0 Å². The number of carbonyl (C=O) groups excluding carboxylic acids is 4. The van der Waals surface area contributed by atoms with Gasteiger partial charge in [0.05, 0.1) is 26.4 Å². The van der Waals surface area contributed by atoms with E-state index in [0.29, 0.717) is 32.1 Å². The molecule has 19 heteroatoms. The first-order chi connectivity index (χ1) is 49.7. The summed E-state index contributed by atoms with van der Waals surface area (Å²) in [7, 11) is -10.0. The third-order valence-corrected chi connectivity index (χ3v) is 16.8. The molecule has 0 rings (SSSR count). The van der Waals surface area contributed by atoms with Gasteiger partial charge in [-0.1, -0.05) is 255 Å². The average Bonchev–Trinajstić information content (AvgIpc) is 0.921. The van der Waals surface area contributed by atoms with E-state index in [9.17, 15) is 43.2 Å². The van der Waals surface area contributed by atoms with Crippen LogP contribution in [0.15, 0.2) is 182 Å². The van der Waals surface area contributed by atoms with Crippen LogP contribution in [-0.4, -0.2) is 96.7 Å². The van der Waals surface area contributed by atoms with Gasteiger partial charge in [0.25, 0.3) is 0 Å². The molecule has 5 unspecified atom stereocenters. The van der Waals surface area contributed by atoms with E-state index in [1.165, 1.54) is 6.42 Å². The number of aliphatic hydroxyl groups is 1. The number of unbranched alkanes of at least 4 members (excludes halogenated alkanes) is 13. The van der Waals surface area contributed by atoms with Gasteiger partial charge in [-0.05, 0) is 161 Å². The van der Waals surface area contributed by atoms with Crippen molar-refractivity contribution in [2.24, 2.45) is 0 Å². The standard InChI is InChI=1S/C83H132O17P2/c1-5-9-13-17-21-25-29-32-35-37-38-40-42-45-49-52-56-60-64-68-81(86)94-74-79(100-83(88)70-66-62-58-54-50-46-43-39-36-33-30-26-22-18-14-10-6-2)76-98-102(91,92)96-72-77(84)71-95-101(89,90)97-75-78(99-82(87)69-65-61-57-53-47-28-24-20-16-12-8-4)73-93-80(85)67-63-59-55-51-48-44-41-34-31-27-23-19-15-11-7-3/h9-11,13-15,20-27,32-36,38,40-41,43,45-46,48-49,51,56,60,77-79,84H,5-8,12,16-19,28-31,37,39,42,44,47,50,52-55,57-59,61-76H2,1-4H3,(H,89,90)(H,91,92)/b13-9-,14-10-,15-11-,24-20-,25-21-,26-22-,27-23-,35-32-,36-33-,40-38-,41-34-,46-43-,49-45-,51-48-,60-56-. The highest BCUT2D eigenvalue weighted by Crippen LogP contribution is 2.45. The van der Waals surface area contributed by atoms with Gasteiger partial charge >= 0.3 is 39.5 Å².